The van der Waals surface area contributed by atoms with Crippen molar-refractivity contribution in [2.24, 2.45) is 0 Å². The summed E-state index contributed by atoms with van der Waals surface area (Å²) in [4.78, 5) is 13.4. The summed E-state index contributed by atoms with van der Waals surface area (Å²) in [7, 11) is 0. The van der Waals surface area contributed by atoms with E-state index in [0.29, 0.717) is 16.9 Å². The number of fused-ring (bicyclic) bond motifs is 3. The first-order chi connectivity index (χ1) is 26.2. The second-order valence-electron chi connectivity index (χ2n) is 16.7. The number of aryl methyl sites for hydroxylation is 4. The Hall–Kier alpha value is -5.41. The van der Waals surface area contributed by atoms with Gasteiger partial charge in [-0.05, 0) is 145 Å². The van der Waals surface area contributed by atoms with Crippen molar-refractivity contribution in [1.82, 2.24) is 0 Å². The second kappa shape index (κ2) is 14.3. The van der Waals surface area contributed by atoms with Gasteiger partial charge in [-0.1, -0.05) is 125 Å². The summed E-state index contributed by atoms with van der Waals surface area (Å²) in [6.07, 6.45) is 1.95. The van der Waals surface area contributed by atoms with Crippen molar-refractivity contribution in [3.05, 3.63) is 183 Å². The van der Waals surface area contributed by atoms with Crippen LogP contribution in [-0.4, -0.2) is 11.4 Å². The molecule has 0 saturated heterocycles. The zero-order valence-corrected chi connectivity index (χ0v) is 34.2. The molecular formula is C52H54O3. The third-order valence-electron chi connectivity index (χ3n) is 12.1. The van der Waals surface area contributed by atoms with E-state index in [2.05, 4.69) is 154 Å². The average molecular weight is 727 g/mol. The lowest BCUT2D eigenvalue weighted by Gasteiger charge is -2.36. The smallest absolute Gasteiger partial charge is 0.193 e. The number of rotatable bonds is 11. The van der Waals surface area contributed by atoms with Crippen LogP contribution in [0.4, 0.5) is 0 Å². The van der Waals surface area contributed by atoms with E-state index < -0.39 is 5.41 Å². The first kappa shape index (κ1) is 37.9. The Morgan fingerprint density at radius 1 is 0.564 bits per heavy atom. The van der Waals surface area contributed by atoms with Gasteiger partial charge in [-0.25, -0.2) is 0 Å². The number of carbonyl (C=O) groups excluding carboxylic acids is 1. The molecule has 0 aromatic heterocycles. The van der Waals surface area contributed by atoms with Crippen LogP contribution in [0.25, 0.3) is 11.1 Å². The minimum Gasteiger partial charge on any atom is -0.487 e. The summed E-state index contributed by atoms with van der Waals surface area (Å²) in [6.45, 7) is 21.7. The Morgan fingerprint density at radius 3 is 1.45 bits per heavy atom. The van der Waals surface area contributed by atoms with Gasteiger partial charge in [-0.3, -0.25) is 4.79 Å². The van der Waals surface area contributed by atoms with Crippen molar-refractivity contribution in [2.75, 3.05) is 0 Å². The van der Waals surface area contributed by atoms with Crippen LogP contribution in [0.5, 0.6) is 17.2 Å². The van der Waals surface area contributed by atoms with Gasteiger partial charge < -0.3 is 9.47 Å². The van der Waals surface area contributed by atoms with Crippen LogP contribution in [0.3, 0.4) is 0 Å². The molecule has 0 fully saturated rings. The Labute approximate surface area is 328 Å². The maximum Gasteiger partial charge on any atom is 0.193 e. The molecule has 0 N–H and O–H groups in total. The number of carbonyl (C=O) groups is 1. The van der Waals surface area contributed by atoms with E-state index in [4.69, 9.17) is 9.47 Å². The third kappa shape index (κ3) is 6.69. The van der Waals surface area contributed by atoms with E-state index in [9.17, 15) is 4.79 Å². The van der Waals surface area contributed by atoms with Crippen molar-refractivity contribution in [1.29, 1.82) is 0 Å². The molecule has 0 bridgehead atoms. The minimum absolute atomic E-state index is 0.00527. The standard InChI is InChI=1S/C52H54O3/c1-11-50(7,8)39-25-21-37(22-26-39)47(53)38-23-27-42(28-24-38)54-48-33(3)29-40(30-34(48)4)52(41-31-35(5)49(36(6)32-41)55-51(9,10)12-2)45-19-15-13-17-43(45)44-18-14-16-20-46(44)52/h13-32H,11-12H2,1-10H3. The number of hydrogen-bond donors (Lipinski definition) is 0. The van der Waals surface area contributed by atoms with Gasteiger partial charge in [-0.2, -0.15) is 0 Å². The van der Waals surface area contributed by atoms with E-state index in [0.717, 1.165) is 46.6 Å². The number of hydrogen-bond acceptors (Lipinski definition) is 3. The molecule has 7 rings (SSSR count). The van der Waals surface area contributed by atoms with E-state index in [1.165, 1.54) is 38.9 Å². The second-order valence-corrected chi connectivity index (χ2v) is 16.7. The van der Waals surface area contributed by atoms with Crippen molar-refractivity contribution >= 4 is 5.78 Å². The third-order valence-corrected chi connectivity index (χ3v) is 12.1. The summed E-state index contributed by atoms with van der Waals surface area (Å²) in [5.74, 6) is 2.48. The highest BCUT2D eigenvalue weighted by Crippen LogP contribution is 2.57. The lowest BCUT2D eigenvalue weighted by atomic mass is 9.66. The molecule has 3 heteroatoms. The zero-order valence-electron chi connectivity index (χ0n) is 34.2. The summed E-state index contributed by atoms with van der Waals surface area (Å²) in [6, 6.07) is 42.6. The lowest BCUT2D eigenvalue weighted by molar-refractivity contribution is 0.103. The Kier molecular flexibility index (Phi) is 9.88. The lowest BCUT2D eigenvalue weighted by Crippen LogP contribution is -2.30. The Balaban J connectivity index is 1.27. The summed E-state index contributed by atoms with van der Waals surface area (Å²) in [5.41, 5.74) is 13.6. The van der Waals surface area contributed by atoms with Gasteiger partial charge in [0.1, 0.15) is 22.8 Å². The molecule has 0 spiro atoms. The molecule has 0 radical (unpaired) electrons. The summed E-state index contributed by atoms with van der Waals surface area (Å²) in [5, 5.41) is 0. The van der Waals surface area contributed by atoms with Gasteiger partial charge in [0.15, 0.2) is 5.78 Å². The maximum absolute atomic E-state index is 13.4. The number of ketones is 1. The van der Waals surface area contributed by atoms with Crippen molar-refractivity contribution in [2.45, 2.75) is 98.5 Å². The van der Waals surface area contributed by atoms with Gasteiger partial charge in [0.05, 0.1) is 5.41 Å². The molecule has 1 aliphatic rings. The van der Waals surface area contributed by atoms with Crippen LogP contribution < -0.4 is 9.47 Å². The van der Waals surface area contributed by atoms with E-state index in [-0.39, 0.29) is 16.8 Å². The van der Waals surface area contributed by atoms with Crippen LogP contribution in [0, 0.1) is 27.7 Å². The van der Waals surface area contributed by atoms with Gasteiger partial charge in [0.25, 0.3) is 0 Å². The summed E-state index contributed by atoms with van der Waals surface area (Å²) >= 11 is 0. The predicted octanol–water partition coefficient (Wildman–Crippen LogP) is 13.6. The molecule has 6 aromatic rings. The molecule has 0 amide bonds. The largest absolute Gasteiger partial charge is 0.487 e. The Morgan fingerprint density at radius 2 is 1.00 bits per heavy atom. The maximum atomic E-state index is 13.4. The van der Waals surface area contributed by atoms with Crippen molar-refractivity contribution in [3.63, 3.8) is 0 Å². The molecule has 280 valence electrons. The monoisotopic (exact) mass is 726 g/mol. The average Bonchev–Trinajstić information content (AvgIpc) is 3.49. The van der Waals surface area contributed by atoms with Gasteiger partial charge >= 0.3 is 0 Å². The molecule has 55 heavy (non-hydrogen) atoms. The molecule has 0 heterocycles. The zero-order chi connectivity index (χ0) is 39.3. The van der Waals surface area contributed by atoms with Crippen LogP contribution in [0.2, 0.25) is 0 Å². The molecule has 6 aromatic carbocycles. The number of benzene rings is 6. The van der Waals surface area contributed by atoms with E-state index in [1.807, 2.05) is 36.4 Å². The van der Waals surface area contributed by atoms with Gasteiger partial charge in [0, 0.05) is 11.1 Å². The van der Waals surface area contributed by atoms with E-state index >= 15 is 0 Å². The van der Waals surface area contributed by atoms with Crippen LogP contribution in [0.1, 0.15) is 120 Å². The van der Waals surface area contributed by atoms with Crippen LogP contribution >= 0.6 is 0 Å². The first-order valence-electron chi connectivity index (χ1n) is 19.7. The predicted molar refractivity (Wildman–Crippen MR) is 227 cm³/mol. The number of ether oxygens (including phenoxy) is 2. The molecule has 0 unspecified atom stereocenters. The molecule has 0 saturated carbocycles. The topological polar surface area (TPSA) is 35.5 Å². The van der Waals surface area contributed by atoms with Crippen LogP contribution in [0.15, 0.2) is 121 Å². The highest BCUT2D eigenvalue weighted by Gasteiger charge is 2.46. The van der Waals surface area contributed by atoms with Crippen LogP contribution in [-0.2, 0) is 10.8 Å². The van der Waals surface area contributed by atoms with E-state index in [1.54, 1.807) is 0 Å². The van der Waals surface area contributed by atoms with Gasteiger partial charge in [-0.15, -0.1) is 0 Å². The highest BCUT2D eigenvalue weighted by atomic mass is 16.5. The normalized spacial score (nSPS) is 13.3. The van der Waals surface area contributed by atoms with Gasteiger partial charge in [0.2, 0.25) is 0 Å². The molecule has 0 atom stereocenters. The summed E-state index contributed by atoms with van der Waals surface area (Å²) < 4.78 is 13.3. The minimum atomic E-state index is -0.554. The highest BCUT2D eigenvalue weighted by molar-refractivity contribution is 6.09. The van der Waals surface area contributed by atoms with Crippen molar-refractivity contribution < 1.29 is 14.3 Å². The fraction of sp³-hybridized carbons (Fsp3) is 0.288. The molecule has 0 aliphatic heterocycles. The fourth-order valence-corrected chi connectivity index (χ4v) is 8.26. The molecule has 1 aliphatic carbocycles. The van der Waals surface area contributed by atoms with Crippen molar-refractivity contribution in [3.8, 4) is 28.4 Å². The fourth-order valence-electron chi connectivity index (χ4n) is 8.26. The quantitative estimate of drug-likeness (QED) is 0.125. The molecule has 3 nitrogen and oxygen atoms in total. The Bertz CT molecular complexity index is 2300. The first-order valence-corrected chi connectivity index (χ1v) is 19.7. The SMILES string of the molecule is CCC(C)(C)Oc1c(C)cc(C2(c3cc(C)c(Oc4ccc(C(=O)c5ccc(C(C)(C)CC)cc5)cc4)c(C)c3)c3ccccc3-c3ccccc32)cc1C. The molecular weight excluding hydrogens is 673 g/mol.